The molecule has 1 aromatic carbocycles. The van der Waals surface area contributed by atoms with Gasteiger partial charge >= 0.3 is 12.4 Å². The molecule has 0 spiro atoms. The van der Waals surface area contributed by atoms with Gasteiger partial charge in [-0.15, -0.1) is 0 Å². The highest BCUT2D eigenvalue weighted by molar-refractivity contribution is 6.39. The highest BCUT2D eigenvalue weighted by Gasteiger charge is 2.35. The van der Waals surface area contributed by atoms with Gasteiger partial charge < -0.3 is 4.98 Å². The molecule has 2 nitrogen and oxygen atoms in total. The van der Waals surface area contributed by atoms with Crippen molar-refractivity contribution in [2.24, 2.45) is 0 Å². The van der Waals surface area contributed by atoms with Crippen molar-refractivity contribution in [2.75, 3.05) is 0 Å². The fourth-order valence-electron chi connectivity index (χ4n) is 1.56. The molecule has 0 saturated heterocycles. The van der Waals surface area contributed by atoms with Crippen LogP contribution < -0.4 is 0 Å². The van der Waals surface area contributed by atoms with Gasteiger partial charge in [0.05, 0.1) is 27.4 Å². The first-order valence-electron chi connectivity index (χ1n) is 5.19. The van der Waals surface area contributed by atoms with E-state index in [0.29, 0.717) is 18.3 Å². The molecule has 1 aromatic heterocycles. The number of imidazole rings is 1. The van der Waals surface area contributed by atoms with Gasteiger partial charge in [0.25, 0.3) is 0 Å². The maximum Gasteiger partial charge on any atom is 0.432 e. The van der Waals surface area contributed by atoms with Crippen LogP contribution in [0.15, 0.2) is 18.3 Å². The van der Waals surface area contributed by atoms with E-state index >= 15 is 0 Å². The lowest BCUT2D eigenvalue weighted by molar-refractivity contribution is -0.141. The molecule has 0 atom stereocenters. The van der Waals surface area contributed by atoms with E-state index in [1.165, 1.54) is 0 Å². The quantitative estimate of drug-likeness (QED) is 0.684. The molecule has 2 aromatic rings. The summed E-state index contributed by atoms with van der Waals surface area (Å²) < 4.78 is 75.0. The predicted molar refractivity (Wildman–Crippen MR) is 64.0 cm³/mol. The van der Waals surface area contributed by atoms with Crippen LogP contribution in [0.3, 0.4) is 0 Å². The smallest absolute Gasteiger partial charge is 0.334 e. The van der Waals surface area contributed by atoms with Crippen LogP contribution in [0.2, 0.25) is 10.0 Å². The number of hydrogen-bond acceptors (Lipinski definition) is 1. The van der Waals surface area contributed by atoms with Crippen LogP contribution in [0, 0.1) is 0 Å². The van der Waals surface area contributed by atoms with Crippen molar-refractivity contribution in [3.8, 4) is 11.4 Å². The van der Waals surface area contributed by atoms with E-state index in [4.69, 9.17) is 23.2 Å². The van der Waals surface area contributed by atoms with Crippen LogP contribution in [-0.2, 0) is 12.4 Å². The summed E-state index contributed by atoms with van der Waals surface area (Å²) in [5.41, 5.74) is -2.50. The highest BCUT2D eigenvalue weighted by Crippen LogP contribution is 2.40. The number of nitrogens with one attached hydrogen (secondary N) is 1. The number of rotatable bonds is 1. The number of H-pyrrole nitrogens is 1. The topological polar surface area (TPSA) is 28.7 Å². The largest absolute Gasteiger partial charge is 0.432 e. The molecule has 0 aliphatic rings. The van der Waals surface area contributed by atoms with Crippen molar-refractivity contribution in [3.63, 3.8) is 0 Å². The Bertz CT molecular complexity index is 651. The second kappa shape index (κ2) is 5.10. The maximum atomic E-state index is 12.6. The first-order chi connectivity index (χ1) is 9.50. The SMILES string of the molecule is FC(F)(F)c1cc(Cl)c(-c2ncc(C(F)(F)F)[nH]2)c(Cl)c1. The van der Waals surface area contributed by atoms with Crippen molar-refractivity contribution in [3.05, 3.63) is 39.6 Å². The number of nitrogens with zero attached hydrogens (tertiary/aromatic N) is 1. The molecular weight excluding hydrogens is 345 g/mol. The Morgan fingerprint density at radius 2 is 1.43 bits per heavy atom. The molecule has 0 aliphatic heterocycles. The fourth-order valence-corrected chi connectivity index (χ4v) is 2.22. The van der Waals surface area contributed by atoms with Crippen molar-refractivity contribution in [2.45, 2.75) is 12.4 Å². The maximum absolute atomic E-state index is 12.6. The van der Waals surface area contributed by atoms with Crippen molar-refractivity contribution < 1.29 is 26.3 Å². The zero-order chi connectivity index (χ0) is 16.0. The van der Waals surface area contributed by atoms with Gasteiger partial charge in [-0.2, -0.15) is 26.3 Å². The Morgan fingerprint density at radius 3 is 1.81 bits per heavy atom. The van der Waals surface area contributed by atoms with E-state index in [9.17, 15) is 26.3 Å². The van der Waals surface area contributed by atoms with E-state index in [1.54, 1.807) is 0 Å². The van der Waals surface area contributed by atoms with E-state index in [0.717, 1.165) is 0 Å². The molecule has 21 heavy (non-hydrogen) atoms. The highest BCUT2D eigenvalue weighted by atomic mass is 35.5. The number of aromatic nitrogens is 2. The second-order valence-electron chi connectivity index (χ2n) is 3.96. The summed E-state index contributed by atoms with van der Waals surface area (Å²) in [6, 6.07) is 1.14. The van der Waals surface area contributed by atoms with Crippen molar-refractivity contribution in [1.29, 1.82) is 0 Å². The summed E-state index contributed by atoms with van der Waals surface area (Å²) in [4.78, 5) is 5.36. The number of halogens is 8. The van der Waals surface area contributed by atoms with E-state index < -0.39 is 33.7 Å². The lowest BCUT2D eigenvalue weighted by atomic mass is 10.1. The summed E-state index contributed by atoms with van der Waals surface area (Å²) in [5.74, 6) is -0.369. The third-order valence-corrected chi connectivity index (χ3v) is 3.08. The second-order valence-corrected chi connectivity index (χ2v) is 4.77. The number of hydrogen-bond donors (Lipinski definition) is 1. The molecule has 1 N–H and O–H groups in total. The minimum absolute atomic E-state index is 0.234. The standard InChI is InChI=1S/C11H4Cl2F6N2/c12-5-1-4(10(14,15)16)2-6(13)8(5)9-20-3-7(21-9)11(17,18)19/h1-3H,(H,20,21). The lowest BCUT2D eigenvalue weighted by Crippen LogP contribution is -2.06. The molecular formula is C11H4Cl2F6N2. The van der Waals surface area contributed by atoms with Crippen LogP contribution in [0.25, 0.3) is 11.4 Å². The molecule has 0 bridgehead atoms. The first kappa shape index (κ1) is 16.0. The molecule has 2 rings (SSSR count). The Kier molecular flexibility index (Phi) is 3.88. The van der Waals surface area contributed by atoms with Crippen LogP contribution >= 0.6 is 23.2 Å². The van der Waals surface area contributed by atoms with Gasteiger partial charge in [0.1, 0.15) is 11.5 Å². The van der Waals surface area contributed by atoms with E-state index in [1.807, 2.05) is 4.98 Å². The van der Waals surface area contributed by atoms with Crippen LogP contribution in [0.4, 0.5) is 26.3 Å². The van der Waals surface area contributed by atoms with Crippen LogP contribution in [-0.4, -0.2) is 9.97 Å². The molecule has 0 radical (unpaired) electrons. The van der Waals surface area contributed by atoms with Gasteiger partial charge in [-0.05, 0) is 12.1 Å². The van der Waals surface area contributed by atoms with Gasteiger partial charge in [0.2, 0.25) is 0 Å². The molecule has 0 fully saturated rings. The molecule has 10 heteroatoms. The van der Waals surface area contributed by atoms with Crippen molar-refractivity contribution >= 4 is 23.2 Å². The third kappa shape index (κ3) is 3.26. The van der Waals surface area contributed by atoms with E-state index in [2.05, 4.69) is 4.98 Å². The number of alkyl halides is 6. The first-order valence-corrected chi connectivity index (χ1v) is 5.94. The molecule has 0 amide bonds. The van der Waals surface area contributed by atoms with Gasteiger partial charge in [0.15, 0.2) is 0 Å². The summed E-state index contributed by atoms with van der Waals surface area (Å²) in [6.07, 6.45) is -8.85. The minimum Gasteiger partial charge on any atom is -0.334 e. The van der Waals surface area contributed by atoms with Gasteiger partial charge in [0, 0.05) is 0 Å². The van der Waals surface area contributed by atoms with E-state index in [-0.39, 0.29) is 11.4 Å². The predicted octanol–water partition coefficient (Wildman–Crippen LogP) is 5.42. The van der Waals surface area contributed by atoms with Gasteiger partial charge in [-0.25, -0.2) is 4.98 Å². The Labute approximate surface area is 123 Å². The summed E-state index contributed by atoms with van der Waals surface area (Å²) >= 11 is 11.3. The monoisotopic (exact) mass is 348 g/mol. The number of benzene rings is 1. The average Bonchev–Trinajstić information content (AvgIpc) is 2.75. The number of aromatic amines is 1. The van der Waals surface area contributed by atoms with Crippen LogP contribution in [0.5, 0.6) is 0 Å². The van der Waals surface area contributed by atoms with Gasteiger partial charge in [-0.1, -0.05) is 23.2 Å². The normalized spacial score (nSPS) is 12.8. The Hall–Kier alpha value is -1.41. The fraction of sp³-hybridized carbons (Fsp3) is 0.182. The Morgan fingerprint density at radius 1 is 0.905 bits per heavy atom. The third-order valence-electron chi connectivity index (χ3n) is 2.49. The molecule has 114 valence electrons. The molecule has 0 aliphatic carbocycles. The molecule has 1 heterocycles. The summed E-state index contributed by atoms with van der Waals surface area (Å²) in [6.45, 7) is 0. The molecule has 0 unspecified atom stereocenters. The summed E-state index contributed by atoms with van der Waals surface area (Å²) in [7, 11) is 0. The zero-order valence-electron chi connectivity index (χ0n) is 9.70. The lowest BCUT2D eigenvalue weighted by Gasteiger charge is -2.11. The van der Waals surface area contributed by atoms with Gasteiger partial charge in [-0.3, -0.25) is 0 Å². The minimum atomic E-state index is -4.67. The average molecular weight is 349 g/mol. The zero-order valence-corrected chi connectivity index (χ0v) is 11.2. The van der Waals surface area contributed by atoms with Crippen LogP contribution in [0.1, 0.15) is 11.3 Å². The van der Waals surface area contributed by atoms with Crippen molar-refractivity contribution in [1.82, 2.24) is 9.97 Å². The Balaban J connectivity index is 2.53. The molecule has 0 saturated carbocycles. The summed E-state index contributed by atoms with van der Waals surface area (Å²) in [5, 5.41) is -0.921.